The number of nitrogens with zero attached hydrogens (tertiary/aromatic N) is 1. The zero-order valence-electron chi connectivity index (χ0n) is 20.2. The summed E-state index contributed by atoms with van der Waals surface area (Å²) in [6, 6.07) is 7.96. The second-order valence-corrected chi connectivity index (χ2v) is 12.6. The van der Waals surface area contributed by atoms with E-state index in [1.807, 2.05) is 22.6 Å². The van der Waals surface area contributed by atoms with Gasteiger partial charge in [-0.25, -0.2) is 9.29 Å². The van der Waals surface area contributed by atoms with Crippen LogP contribution >= 0.6 is 45.8 Å². The number of carbonyl (C=O) groups is 4. The fourth-order valence-electron chi connectivity index (χ4n) is 6.60. The maximum Gasteiger partial charge on any atom is 0.258 e. The lowest BCUT2D eigenvalue weighted by atomic mass is 9.56. The molecule has 2 aromatic rings. The Morgan fingerprint density at radius 1 is 1.08 bits per heavy atom. The first-order valence-electron chi connectivity index (χ1n) is 12.1. The van der Waals surface area contributed by atoms with E-state index in [1.165, 1.54) is 25.3 Å². The number of anilines is 1. The minimum atomic E-state index is -2.06. The number of methoxy groups -OCH3 is 1. The van der Waals surface area contributed by atoms with Crippen molar-refractivity contribution in [1.82, 2.24) is 5.32 Å². The minimum Gasteiger partial charge on any atom is -0.504 e. The number of fused-ring (bicyclic) bond motifs is 4. The second-order valence-electron chi connectivity index (χ2n) is 10.2. The lowest BCUT2D eigenvalue weighted by Gasteiger charge is -2.50. The third kappa shape index (κ3) is 3.46. The summed E-state index contributed by atoms with van der Waals surface area (Å²) < 4.78 is 19.4. The van der Waals surface area contributed by atoms with Crippen molar-refractivity contribution >= 4 is 75.1 Å². The molecular weight excluding hydrogens is 665 g/mol. The first-order valence-corrected chi connectivity index (χ1v) is 13.9. The number of aromatic hydroxyl groups is 1. The van der Waals surface area contributed by atoms with Crippen molar-refractivity contribution in [3.05, 3.63) is 63.0 Å². The van der Waals surface area contributed by atoms with Crippen LogP contribution in [0.5, 0.6) is 11.5 Å². The Morgan fingerprint density at radius 3 is 2.44 bits per heavy atom. The van der Waals surface area contributed by atoms with E-state index in [-0.39, 0.29) is 30.0 Å². The molecule has 6 rings (SSSR count). The van der Waals surface area contributed by atoms with Gasteiger partial charge in [0.1, 0.15) is 5.82 Å². The van der Waals surface area contributed by atoms with Gasteiger partial charge in [-0.3, -0.25) is 24.5 Å². The van der Waals surface area contributed by atoms with Crippen LogP contribution in [-0.4, -0.2) is 45.6 Å². The number of alkyl halides is 2. The standard InChI is InChI=1S/C27H20Cl2FIN2O6/c1-39-18-9-11(8-17(31)21(18)34)20-14-6-7-15-19(23(36)32-22(15)35)16(14)10-26(28)24(37)33(25(38)27(20,26)29)13-4-2-12(30)3-5-13/h2-6,8-9,15-16,19-20,34H,7,10H2,1H3,(H,32,35,36)/t15-,16+,19-,20-,26+,27-/m0/s1. The van der Waals surface area contributed by atoms with E-state index in [0.717, 1.165) is 17.0 Å². The summed E-state index contributed by atoms with van der Waals surface area (Å²) in [5, 5.41) is 12.9. The summed E-state index contributed by atoms with van der Waals surface area (Å²) in [5.41, 5.74) is 1.15. The molecule has 0 aromatic heterocycles. The van der Waals surface area contributed by atoms with Gasteiger partial charge in [-0.15, -0.1) is 23.2 Å². The highest BCUT2D eigenvalue weighted by atomic mass is 127. The average Bonchev–Trinajstić information content (AvgIpc) is 3.27. The molecule has 2 heterocycles. The first kappa shape index (κ1) is 26.5. The summed E-state index contributed by atoms with van der Waals surface area (Å²) in [6.45, 7) is 0. The van der Waals surface area contributed by atoms with Crippen LogP contribution < -0.4 is 15.0 Å². The Labute approximate surface area is 245 Å². The highest BCUT2D eigenvalue weighted by Crippen LogP contribution is 2.65. The van der Waals surface area contributed by atoms with Crippen molar-refractivity contribution in [3.63, 3.8) is 0 Å². The number of phenols is 1. The van der Waals surface area contributed by atoms with Gasteiger partial charge in [0.05, 0.1) is 28.2 Å². The highest BCUT2D eigenvalue weighted by molar-refractivity contribution is 14.1. The van der Waals surface area contributed by atoms with Crippen molar-refractivity contribution in [2.75, 3.05) is 12.0 Å². The third-order valence-corrected chi connectivity index (χ3v) is 10.6. The molecule has 39 heavy (non-hydrogen) atoms. The van der Waals surface area contributed by atoms with Gasteiger partial charge >= 0.3 is 0 Å². The van der Waals surface area contributed by atoms with E-state index in [1.54, 1.807) is 12.1 Å². The maximum atomic E-state index is 14.2. The number of allylic oxidation sites excluding steroid dienone is 2. The molecule has 0 unspecified atom stereocenters. The van der Waals surface area contributed by atoms with E-state index < -0.39 is 62.9 Å². The van der Waals surface area contributed by atoms with E-state index in [4.69, 9.17) is 27.9 Å². The molecule has 2 saturated heterocycles. The second kappa shape index (κ2) is 8.90. The number of imide groups is 2. The van der Waals surface area contributed by atoms with Gasteiger partial charge in [-0.1, -0.05) is 11.6 Å². The molecule has 2 N–H and O–H groups in total. The minimum absolute atomic E-state index is 0.0982. The van der Waals surface area contributed by atoms with Crippen LogP contribution in [0.25, 0.3) is 0 Å². The van der Waals surface area contributed by atoms with Gasteiger partial charge in [0.2, 0.25) is 11.8 Å². The molecule has 4 amide bonds. The number of nitrogens with one attached hydrogen (secondary N) is 1. The van der Waals surface area contributed by atoms with Gasteiger partial charge in [0.25, 0.3) is 11.8 Å². The Morgan fingerprint density at radius 2 is 1.77 bits per heavy atom. The number of hydrogen-bond donors (Lipinski definition) is 2. The number of carbonyl (C=O) groups excluding carboxylic acids is 4. The molecule has 2 aliphatic heterocycles. The summed E-state index contributed by atoms with van der Waals surface area (Å²) in [5.74, 6) is -6.13. The predicted octanol–water partition coefficient (Wildman–Crippen LogP) is 4.00. The fraction of sp³-hybridized carbons (Fsp3) is 0.333. The third-order valence-electron chi connectivity index (χ3n) is 8.34. The molecule has 2 aromatic carbocycles. The van der Waals surface area contributed by atoms with Crippen LogP contribution in [0.3, 0.4) is 0 Å². The molecule has 3 fully saturated rings. The number of hydrogen-bond acceptors (Lipinski definition) is 6. The van der Waals surface area contributed by atoms with Gasteiger partial charge in [0, 0.05) is 5.92 Å². The number of ether oxygens (including phenoxy) is 1. The van der Waals surface area contributed by atoms with Crippen molar-refractivity contribution in [3.8, 4) is 11.5 Å². The topological polar surface area (TPSA) is 113 Å². The zero-order valence-corrected chi connectivity index (χ0v) is 23.9. The van der Waals surface area contributed by atoms with Crippen LogP contribution in [0.15, 0.2) is 48.0 Å². The van der Waals surface area contributed by atoms with E-state index >= 15 is 0 Å². The predicted molar refractivity (Wildman–Crippen MR) is 147 cm³/mol. The summed E-state index contributed by atoms with van der Waals surface area (Å²) in [6.07, 6.45) is 1.87. The zero-order chi connectivity index (χ0) is 28.0. The van der Waals surface area contributed by atoms with Crippen LogP contribution in [0.1, 0.15) is 24.3 Å². The molecule has 2 aliphatic carbocycles. The van der Waals surface area contributed by atoms with Gasteiger partial charge < -0.3 is 9.84 Å². The molecule has 202 valence electrons. The number of amides is 4. The molecule has 4 aliphatic rings. The first-order chi connectivity index (χ1) is 18.4. The molecule has 0 bridgehead atoms. The average molecular weight is 685 g/mol. The molecular formula is C27H20Cl2FIN2O6. The van der Waals surface area contributed by atoms with Crippen LogP contribution in [0.2, 0.25) is 0 Å². The van der Waals surface area contributed by atoms with E-state index in [2.05, 4.69) is 5.32 Å². The Balaban J connectivity index is 1.60. The van der Waals surface area contributed by atoms with Gasteiger partial charge in [-0.05, 0) is 83.3 Å². The van der Waals surface area contributed by atoms with Crippen molar-refractivity contribution in [1.29, 1.82) is 0 Å². The molecule has 0 spiro atoms. The highest BCUT2D eigenvalue weighted by Gasteiger charge is 2.76. The maximum absolute atomic E-state index is 14.2. The Kier molecular flexibility index (Phi) is 6.05. The quantitative estimate of drug-likeness (QED) is 0.219. The van der Waals surface area contributed by atoms with Crippen molar-refractivity contribution in [2.45, 2.75) is 28.5 Å². The number of benzene rings is 2. The summed E-state index contributed by atoms with van der Waals surface area (Å²) in [7, 11) is 1.38. The largest absolute Gasteiger partial charge is 0.504 e. The van der Waals surface area contributed by atoms with Crippen molar-refractivity contribution < 1.29 is 33.4 Å². The lowest BCUT2D eigenvalue weighted by molar-refractivity contribution is -0.127. The SMILES string of the molecule is COc1cc([C@H]2C3=CC[C@@H]4C(=O)NC(=O)[C@@H]4[C@@H]3C[C@@]3(Cl)C(=O)N(c4ccc(F)cc4)C(=O)[C@@]23Cl)cc(I)c1O. The monoisotopic (exact) mass is 684 g/mol. The summed E-state index contributed by atoms with van der Waals surface area (Å²) >= 11 is 16.4. The molecule has 8 nitrogen and oxygen atoms in total. The Bertz CT molecular complexity index is 1520. The number of phenolic OH excluding ortho intramolecular Hbond substituents is 1. The number of rotatable bonds is 3. The van der Waals surface area contributed by atoms with Gasteiger partial charge in [0.15, 0.2) is 21.2 Å². The van der Waals surface area contributed by atoms with Crippen LogP contribution in [-0.2, 0) is 19.2 Å². The van der Waals surface area contributed by atoms with Gasteiger partial charge in [-0.2, -0.15) is 0 Å². The fourth-order valence-corrected chi connectivity index (χ4v) is 8.16. The molecule has 0 radical (unpaired) electrons. The normalized spacial score (nSPS) is 33.4. The Hall–Kier alpha value is -2.70. The smallest absolute Gasteiger partial charge is 0.258 e. The number of halogens is 4. The van der Waals surface area contributed by atoms with Crippen LogP contribution in [0, 0.1) is 27.1 Å². The molecule has 12 heteroatoms. The van der Waals surface area contributed by atoms with E-state index in [0.29, 0.717) is 14.7 Å². The van der Waals surface area contributed by atoms with Crippen molar-refractivity contribution in [2.24, 2.45) is 17.8 Å². The van der Waals surface area contributed by atoms with Crippen LogP contribution in [0.4, 0.5) is 10.1 Å². The summed E-state index contributed by atoms with van der Waals surface area (Å²) in [4.78, 5) is 50.6. The van der Waals surface area contributed by atoms with E-state index in [9.17, 15) is 28.7 Å². The molecule has 6 atom stereocenters. The lowest BCUT2D eigenvalue weighted by Crippen LogP contribution is -2.60. The molecule has 1 saturated carbocycles.